The Morgan fingerprint density at radius 3 is 2.68 bits per heavy atom. The molecule has 9 heteroatoms. The summed E-state index contributed by atoms with van der Waals surface area (Å²) in [6.45, 7) is 7.79. The van der Waals surface area contributed by atoms with Gasteiger partial charge in [-0.3, -0.25) is 4.79 Å². The zero-order valence-electron chi connectivity index (χ0n) is 21.5. The standard InChI is InChI=1S/C28H36N6O3/c1-19(20-9-15-36-16-10-20)31-26-23-17-21(5-7-24(23)32-33-27(26)28(29)35)22-6-8-25(30-18-22)37-14-4-13-34-11-2-3-12-34/h5-8,17-20H,2-4,9-16H2,1H3,(H2,29,35)(H,31,32)/t19-/m0/s1. The molecule has 0 aliphatic carbocycles. The maximum Gasteiger partial charge on any atom is 0.271 e. The van der Waals surface area contributed by atoms with Crippen LogP contribution < -0.4 is 15.8 Å². The van der Waals surface area contributed by atoms with Gasteiger partial charge in [0.05, 0.1) is 17.8 Å². The molecule has 2 aliphatic rings. The van der Waals surface area contributed by atoms with Gasteiger partial charge in [0.15, 0.2) is 5.69 Å². The van der Waals surface area contributed by atoms with Gasteiger partial charge in [-0.1, -0.05) is 6.07 Å². The Morgan fingerprint density at radius 2 is 1.95 bits per heavy atom. The number of rotatable bonds is 10. The first-order chi connectivity index (χ1) is 18.1. The number of hydrogen-bond donors (Lipinski definition) is 2. The molecule has 37 heavy (non-hydrogen) atoms. The number of primary amides is 1. The molecule has 0 unspecified atom stereocenters. The third-order valence-electron chi connectivity index (χ3n) is 7.48. The Kier molecular flexibility index (Phi) is 8.11. The largest absolute Gasteiger partial charge is 0.478 e. The number of nitrogens with one attached hydrogen (secondary N) is 1. The number of ether oxygens (including phenoxy) is 2. The number of amides is 1. The zero-order chi connectivity index (χ0) is 25.6. The molecule has 2 fully saturated rings. The van der Waals surface area contributed by atoms with Gasteiger partial charge in [0.2, 0.25) is 5.88 Å². The van der Waals surface area contributed by atoms with Crippen molar-refractivity contribution in [3.63, 3.8) is 0 Å². The zero-order valence-corrected chi connectivity index (χ0v) is 21.5. The van der Waals surface area contributed by atoms with E-state index in [-0.39, 0.29) is 11.7 Å². The molecule has 5 rings (SSSR count). The van der Waals surface area contributed by atoms with E-state index in [1.807, 2.05) is 36.5 Å². The highest BCUT2D eigenvalue weighted by Gasteiger charge is 2.24. The second kappa shape index (κ2) is 11.8. The topological polar surface area (TPSA) is 115 Å². The number of anilines is 1. The van der Waals surface area contributed by atoms with E-state index in [0.717, 1.165) is 55.5 Å². The number of nitrogens with zero attached hydrogens (tertiary/aromatic N) is 4. The van der Waals surface area contributed by atoms with Gasteiger partial charge in [-0.05, 0) is 81.8 Å². The highest BCUT2D eigenvalue weighted by atomic mass is 16.5. The summed E-state index contributed by atoms with van der Waals surface area (Å²) in [6.07, 6.45) is 7.38. The highest BCUT2D eigenvalue weighted by Crippen LogP contribution is 2.32. The lowest BCUT2D eigenvalue weighted by Crippen LogP contribution is -2.32. The van der Waals surface area contributed by atoms with Crippen LogP contribution in [0.25, 0.3) is 22.0 Å². The van der Waals surface area contributed by atoms with E-state index in [1.165, 1.54) is 25.9 Å². The number of nitrogens with two attached hydrogens (primary N) is 1. The molecule has 3 N–H and O–H groups in total. The Bertz CT molecular complexity index is 1210. The first-order valence-corrected chi connectivity index (χ1v) is 13.3. The lowest BCUT2D eigenvalue weighted by atomic mass is 9.92. The van der Waals surface area contributed by atoms with Crippen molar-refractivity contribution in [2.24, 2.45) is 11.7 Å². The minimum Gasteiger partial charge on any atom is -0.478 e. The fourth-order valence-corrected chi connectivity index (χ4v) is 5.27. The minimum absolute atomic E-state index is 0.127. The highest BCUT2D eigenvalue weighted by molar-refractivity contribution is 6.05. The quantitative estimate of drug-likeness (QED) is 0.400. The summed E-state index contributed by atoms with van der Waals surface area (Å²) in [5.41, 5.74) is 9.07. The van der Waals surface area contributed by atoms with Crippen LogP contribution in [0.4, 0.5) is 5.69 Å². The number of likely N-dealkylation sites (tertiary alicyclic amines) is 1. The van der Waals surface area contributed by atoms with Crippen molar-refractivity contribution < 1.29 is 14.3 Å². The van der Waals surface area contributed by atoms with Gasteiger partial charge in [-0.2, -0.15) is 0 Å². The normalized spacial score (nSPS) is 17.6. The van der Waals surface area contributed by atoms with Crippen molar-refractivity contribution >= 4 is 22.5 Å². The summed E-state index contributed by atoms with van der Waals surface area (Å²) in [5, 5.41) is 12.7. The SMILES string of the molecule is C[C@H](Nc1c(C(N)=O)nnc2ccc(-c3ccc(OCCCN4CCCC4)nc3)cc12)C1CCOCC1. The van der Waals surface area contributed by atoms with E-state index in [4.69, 9.17) is 15.2 Å². The van der Waals surface area contributed by atoms with Crippen LogP contribution in [0.1, 0.15) is 49.5 Å². The predicted molar refractivity (Wildman–Crippen MR) is 144 cm³/mol. The molecule has 1 atom stereocenters. The molecule has 2 aliphatic heterocycles. The molecule has 9 nitrogen and oxygen atoms in total. The summed E-state index contributed by atoms with van der Waals surface area (Å²) in [7, 11) is 0. The molecular weight excluding hydrogens is 468 g/mol. The van der Waals surface area contributed by atoms with Crippen LogP contribution in [0, 0.1) is 5.92 Å². The number of hydrogen-bond acceptors (Lipinski definition) is 8. The fraction of sp³-hybridized carbons (Fsp3) is 0.500. The van der Waals surface area contributed by atoms with Crippen molar-refractivity contribution in [3.05, 3.63) is 42.2 Å². The van der Waals surface area contributed by atoms with Crippen molar-refractivity contribution in [1.82, 2.24) is 20.1 Å². The lowest BCUT2D eigenvalue weighted by Gasteiger charge is -2.29. The Balaban J connectivity index is 1.33. The molecule has 4 heterocycles. The maximum absolute atomic E-state index is 12.2. The number of carbonyl (C=O) groups excluding carboxylic acids is 1. The molecule has 0 radical (unpaired) electrons. The van der Waals surface area contributed by atoms with Crippen LogP contribution in [-0.2, 0) is 4.74 Å². The van der Waals surface area contributed by atoms with Gasteiger partial charge in [-0.15, -0.1) is 10.2 Å². The monoisotopic (exact) mass is 504 g/mol. The molecule has 0 saturated carbocycles. The van der Waals surface area contributed by atoms with Gasteiger partial charge in [0, 0.05) is 49.0 Å². The van der Waals surface area contributed by atoms with Gasteiger partial charge < -0.3 is 25.4 Å². The van der Waals surface area contributed by atoms with Crippen molar-refractivity contribution in [3.8, 4) is 17.0 Å². The number of aromatic nitrogens is 3. The Morgan fingerprint density at radius 1 is 1.16 bits per heavy atom. The second-order valence-electron chi connectivity index (χ2n) is 10.0. The van der Waals surface area contributed by atoms with Gasteiger partial charge in [0.1, 0.15) is 0 Å². The number of benzene rings is 1. The minimum atomic E-state index is -0.602. The van der Waals surface area contributed by atoms with Crippen molar-refractivity contribution in [1.29, 1.82) is 0 Å². The summed E-state index contributed by atoms with van der Waals surface area (Å²) in [6, 6.07) is 9.95. The summed E-state index contributed by atoms with van der Waals surface area (Å²) < 4.78 is 11.4. The van der Waals surface area contributed by atoms with Crippen molar-refractivity contribution in [2.75, 3.05) is 44.8 Å². The van der Waals surface area contributed by atoms with E-state index in [2.05, 4.69) is 32.3 Å². The fourth-order valence-electron chi connectivity index (χ4n) is 5.27. The van der Waals surface area contributed by atoms with Crippen LogP contribution in [-0.4, -0.2) is 71.5 Å². The maximum atomic E-state index is 12.2. The van der Waals surface area contributed by atoms with Gasteiger partial charge >= 0.3 is 0 Å². The summed E-state index contributed by atoms with van der Waals surface area (Å²) >= 11 is 0. The van der Waals surface area contributed by atoms with Crippen LogP contribution in [0.3, 0.4) is 0 Å². The Labute approximate surface area is 217 Å². The van der Waals surface area contributed by atoms with Crippen LogP contribution in [0.15, 0.2) is 36.5 Å². The second-order valence-corrected chi connectivity index (χ2v) is 10.0. The summed E-state index contributed by atoms with van der Waals surface area (Å²) in [5.74, 6) is 0.461. The first kappa shape index (κ1) is 25.4. The smallest absolute Gasteiger partial charge is 0.271 e. The molecule has 1 aromatic carbocycles. The van der Waals surface area contributed by atoms with Crippen molar-refractivity contribution in [2.45, 2.75) is 45.1 Å². The number of fused-ring (bicyclic) bond motifs is 1. The van der Waals surface area contributed by atoms with Crippen LogP contribution in [0.5, 0.6) is 5.88 Å². The molecule has 0 spiro atoms. The average molecular weight is 505 g/mol. The van der Waals surface area contributed by atoms with E-state index in [0.29, 0.717) is 29.6 Å². The molecule has 1 amide bonds. The van der Waals surface area contributed by atoms with Crippen LogP contribution >= 0.6 is 0 Å². The predicted octanol–water partition coefficient (Wildman–Crippen LogP) is 3.88. The first-order valence-electron chi connectivity index (χ1n) is 13.3. The molecule has 3 aromatic rings. The molecule has 2 aromatic heterocycles. The van der Waals surface area contributed by atoms with Crippen LogP contribution in [0.2, 0.25) is 0 Å². The summed E-state index contributed by atoms with van der Waals surface area (Å²) in [4.78, 5) is 19.2. The molecular formula is C28H36N6O3. The molecule has 2 saturated heterocycles. The third-order valence-corrected chi connectivity index (χ3v) is 7.48. The van der Waals surface area contributed by atoms with E-state index < -0.39 is 5.91 Å². The average Bonchev–Trinajstić information content (AvgIpc) is 3.45. The third kappa shape index (κ3) is 6.17. The van der Waals surface area contributed by atoms with E-state index in [9.17, 15) is 4.79 Å². The molecule has 196 valence electrons. The Hall–Kier alpha value is -3.30. The lowest BCUT2D eigenvalue weighted by molar-refractivity contribution is 0.0622. The number of carbonyl (C=O) groups is 1. The molecule has 0 bridgehead atoms. The van der Waals surface area contributed by atoms with E-state index >= 15 is 0 Å². The number of pyridine rings is 1. The van der Waals surface area contributed by atoms with Gasteiger partial charge in [-0.25, -0.2) is 4.98 Å². The van der Waals surface area contributed by atoms with Gasteiger partial charge in [0.25, 0.3) is 5.91 Å². The van der Waals surface area contributed by atoms with E-state index in [1.54, 1.807) is 0 Å².